The topological polar surface area (TPSA) is 95.2 Å². The lowest BCUT2D eigenvalue weighted by atomic mass is 10.1. The minimum absolute atomic E-state index is 0.0200. The zero-order chi connectivity index (χ0) is 27.6. The Balaban J connectivity index is 1.96. The number of aromatic nitrogens is 1. The van der Waals surface area contributed by atoms with E-state index in [0.717, 1.165) is 63.0 Å². The van der Waals surface area contributed by atoms with Crippen LogP contribution >= 0.6 is 0 Å². The van der Waals surface area contributed by atoms with E-state index < -0.39 is 0 Å². The SMILES string of the molecule is CCCCN(CCC)C(CCC(=N)/C=N/NC1=CC(OC)C(C)C=CC1)/N=C(\C)OCCc1ccccn1. The summed E-state index contributed by atoms with van der Waals surface area (Å²) < 4.78 is 11.5. The normalized spacial score (nSPS) is 18.9. The van der Waals surface area contributed by atoms with Gasteiger partial charge in [-0.25, -0.2) is 4.99 Å². The van der Waals surface area contributed by atoms with Crippen molar-refractivity contribution in [3.05, 3.63) is 54.0 Å². The van der Waals surface area contributed by atoms with Crippen molar-refractivity contribution in [2.45, 2.75) is 84.9 Å². The number of methoxy groups -OCH3 is 1. The van der Waals surface area contributed by atoms with Gasteiger partial charge in [-0.2, -0.15) is 5.10 Å². The average molecular weight is 525 g/mol. The van der Waals surface area contributed by atoms with E-state index in [1.54, 1.807) is 19.5 Å². The molecule has 0 aromatic carbocycles. The molecule has 38 heavy (non-hydrogen) atoms. The van der Waals surface area contributed by atoms with Crippen LogP contribution in [0.2, 0.25) is 0 Å². The van der Waals surface area contributed by atoms with Gasteiger partial charge in [0.25, 0.3) is 0 Å². The summed E-state index contributed by atoms with van der Waals surface area (Å²) in [4.78, 5) is 11.7. The van der Waals surface area contributed by atoms with E-state index in [1.807, 2.05) is 25.1 Å². The van der Waals surface area contributed by atoms with Gasteiger partial charge in [0.15, 0.2) is 5.90 Å². The highest BCUT2D eigenvalue weighted by atomic mass is 16.5. The molecule has 0 radical (unpaired) electrons. The Morgan fingerprint density at radius 2 is 2.13 bits per heavy atom. The molecule has 8 nitrogen and oxygen atoms in total. The number of unbranched alkanes of at least 4 members (excludes halogenated alkanes) is 1. The first-order valence-electron chi connectivity index (χ1n) is 14.0. The molecule has 210 valence electrons. The fourth-order valence-corrected chi connectivity index (χ4v) is 4.33. The summed E-state index contributed by atoms with van der Waals surface area (Å²) in [7, 11) is 1.72. The lowest BCUT2D eigenvalue weighted by Gasteiger charge is -2.29. The molecule has 0 spiro atoms. The van der Waals surface area contributed by atoms with Crippen LogP contribution in [0.5, 0.6) is 0 Å². The van der Waals surface area contributed by atoms with Gasteiger partial charge in [-0.1, -0.05) is 45.4 Å². The van der Waals surface area contributed by atoms with Crippen molar-refractivity contribution >= 4 is 17.8 Å². The van der Waals surface area contributed by atoms with Gasteiger partial charge in [0, 0.05) is 56.9 Å². The third-order valence-electron chi connectivity index (χ3n) is 6.49. The number of ether oxygens (including phenoxy) is 2. The summed E-state index contributed by atoms with van der Waals surface area (Å²) in [5.41, 5.74) is 5.57. The van der Waals surface area contributed by atoms with E-state index in [9.17, 15) is 0 Å². The van der Waals surface area contributed by atoms with Crippen LogP contribution in [0, 0.1) is 11.3 Å². The largest absolute Gasteiger partial charge is 0.481 e. The third-order valence-corrected chi connectivity index (χ3v) is 6.49. The molecule has 2 N–H and O–H groups in total. The zero-order valence-corrected chi connectivity index (χ0v) is 24.0. The van der Waals surface area contributed by atoms with Crippen molar-refractivity contribution in [1.29, 1.82) is 5.41 Å². The van der Waals surface area contributed by atoms with Crippen LogP contribution in [0.4, 0.5) is 0 Å². The van der Waals surface area contributed by atoms with E-state index in [2.05, 4.69) is 59.4 Å². The average Bonchev–Trinajstić information content (AvgIpc) is 3.10. The number of aliphatic imine (C=N–C) groups is 1. The van der Waals surface area contributed by atoms with Gasteiger partial charge in [-0.15, -0.1) is 0 Å². The number of nitrogens with zero attached hydrogens (tertiary/aromatic N) is 4. The molecule has 1 aliphatic carbocycles. The molecular weight excluding hydrogens is 476 g/mol. The van der Waals surface area contributed by atoms with E-state index >= 15 is 0 Å². The number of hydrogen-bond donors (Lipinski definition) is 2. The van der Waals surface area contributed by atoms with Crippen molar-refractivity contribution in [3.63, 3.8) is 0 Å². The summed E-state index contributed by atoms with van der Waals surface area (Å²) >= 11 is 0. The fraction of sp³-hybridized carbons (Fsp3) is 0.600. The highest BCUT2D eigenvalue weighted by molar-refractivity contribution is 6.28. The van der Waals surface area contributed by atoms with Gasteiger partial charge < -0.3 is 14.9 Å². The Morgan fingerprint density at radius 1 is 1.29 bits per heavy atom. The van der Waals surface area contributed by atoms with Gasteiger partial charge in [0.05, 0.1) is 24.6 Å². The first-order valence-corrected chi connectivity index (χ1v) is 14.0. The molecular formula is C30H48N6O2. The number of hydrogen-bond acceptors (Lipinski definition) is 8. The maximum absolute atomic E-state index is 8.47. The second kappa shape index (κ2) is 18.4. The Hall–Kier alpha value is -2.84. The molecule has 1 aromatic heterocycles. The van der Waals surface area contributed by atoms with Crippen LogP contribution in [0.3, 0.4) is 0 Å². The Bertz CT molecular complexity index is 928. The van der Waals surface area contributed by atoms with Crippen molar-refractivity contribution in [3.8, 4) is 0 Å². The first-order chi connectivity index (χ1) is 18.5. The van der Waals surface area contributed by atoms with Crippen LogP contribution in [0.1, 0.15) is 71.9 Å². The van der Waals surface area contributed by atoms with E-state index in [4.69, 9.17) is 19.9 Å². The molecule has 3 atom stereocenters. The summed E-state index contributed by atoms with van der Waals surface area (Å²) in [5.74, 6) is 1.00. The number of hydrazone groups is 1. The van der Waals surface area contributed by atoms with E-state index in [0.29, 0.717) is 30.6 Å². The van der Waals surface area contributed by atoms with Crippen molar-refractivity contribution in [1.82, 2.24) is 15.3 Å². The Kier molecular flexibility index (Phi) is 15.2. The van der Waals surface area contributed by atoms with Crippen LogP contribution in [0.15, 0.2) is 58.4 Å². The molecule has 3 unspecified atom stereocenters. The molecule has 2 rings (SSSR count). The lowest BCUT2D eigenvalue weighted by molar-refractivity contribution is 0.112. The quantitative estimate of drug-likeness (QED) is 0.117. The predicted octanol–water partition coefficient (Wildman–Crippen LogP) is 5.77. The molecule has 0 aliphatic heterocycles. The second-order valence-electron chi connectivity index (χ2n) is 9.76. The Morgan fingerprint density at radius 3 is 2.84 bits per heavy atom. The molecule has 1 heterocycles. The lowest BCUT2D eigenvalue weighted by Crippen LogP contribution is -2.36. The first kappa shape index (κ1) is 31.4. The number of rotatable bonds is 17. The summed E-state index contributed by atoms with van der Waals surface area (Å²) in [6.45, 7) is 11.0. The van der Waals surface area contributed by atoms with Crippen LogP contribution in [-0.4, -0.2) is 66.8 Å². The van der Waals surface area contributed by atoms with Gasteiger partial charge in [0.2, 0.25) is 0 Å². The van der Waals surface area contributed by atoms with Crippen LogP contribution in [-0.2, 0) is 15.9 Å². The number of pyridine rings is 1. The minimum Gasteiger partial charge on any atom is -0.481 e. The highest BCUT2D eigenvalue weighted by Crippen LogP contribution is 2.18. The second-order valence-corrected chi connectivity index (χ2v) is 9.76. The number of allylic oxidation sites excluding steroid dienone is 1. The molecule has 8 heteroatoms. The highest BCUT2D eigenvalue weighted by Gasteiger charge is 2.18. The van der Waals surface area contributed by atoms with Crippen molar-refractivity contribution in [2.24, 2.45) is 16.0 Å². The summed E-state index contributed by atoms with van der Waals surface area (Å²) in [6.07, 6.45) is 15.9. The zero-order valence-electron chi connectivity index (χ0n) is 24.0. The molecule has 0 saturated heterocycles. The Labute approximate surface area is 229 Å². The summed E-state index contributed by atoms with van der Waals surface area (Å²) in [5, 5.41) is 12.8. The smallest absolute Gasteiger partial charge is 0.181 e. The van der Waals surface area contributed by atoms with Gasteiger partial charge in [0.1, 0.15) is 6.17 Å². The van der Waals surface area contributed by atoms with E-state index in [1.165, 1.54) is 0 Å². The van der Waals surface area contributed by atoms with Crippen LogP contribution < -0.4 is 5.43 Å². The monoisotopic (exact) mass is 524 g/mol. The molecule has 0 bridgehead atoms. The van der Waals surface area contributed by atoms with Crippen molar-refractivity contribution in [2.75, 3.05) is 26.8 Å². The minimum atomic E-state index is -0.0308. The molecule has 0 saturated carbocycles. The van der Waals surface area contributed by atoms with Crippen molar-refractivity contribution < 1.29 is 9.47 Å². The van der Waals surface area contributed by atoms with Gasteiger partial charge in [-0.3, -0.25) is 15.3 Å². The third kappa shape index (κ3) is 12.1. The molecule has 0 amide bonds. The predicted molar refractivity (Wildman–Crippen MR) is 158 cm³/mol. The van der Waals surface area contributed by atoms with Crippen LogP contribution in [0.25, 0.3) is 0 Å². The maximum Gasteiger partial charge on any atom is 0.181 e. The maximum atomic E-state index is 8.47. The molecule has 1 aromatic rings. The van der Waals surface area contributed by atoms with E-state index in [-0.39, 0.29) is 12.3 Å². The standard InChI is InChI=1S/C30H48N6O2/c1-6-8-20-36(19-7-2)30(34-25(4)38-21-17-27-13-9-10-18-32-27)16-15-26(31)23-33-35-28-14-11-12-24(3)29(22-28)37-5/h9-13,18,22-24,29-31,35H,6-8,14-17,19-21H2,1-5H3/b31-26?,33-23+,34-25+. The fourth-order valence-electron chi connectivity index (χ4n) is 4.33. The number of nitrogens with one attached hydrogen (secondary N) is 2. The van der Waals surface area contributed by atoms with Gasteiger partial charge >= 0.3 is 0 Å². The summed E-state index contributed by atoms with van der Waals surface area (Å²) in [6, 6.07) is 5.92. The van der Waals surface area contributed by atoms with Gasteiger partial charge in [-0.05, 0) is 50.4 Å². The molecule has 0 fully saturated rings. The molecule has 1 aliphatic rings.